The van der Waals surface area contributed by atoms with Crippen molar-refractivity contribution in [3.63, 3.8) is 0 Å². The van der Waals surface area contributed by atoms with Crippen LogP contribution in [0.15, 0.2) is 91.0 Å². The summed E-state index contributed by atoms with van der Waals surface area (Å²) >= 11 is 1.74. The number of hydrogen-bond acceptors (Lipinski definition) is 4. The van der Waals surface area contributed by atoms with Gasteiger partial charge in [-0.15, -0.1) is 11.3 Å². The summed E-state index contributed by atoms with van der Waals surface area (Å²) in [5.41, 5.74) is 8.20. The summed E-state index contributed by atoms with van der Waals surface area (Å²) in [5, 5.41) is 4.57. The van der Waals surface area contributed by atoms with E-state index in [-0.39, 0.29) is 0 Å². The minimum Gasteiger partial charge on any atom is -0.489 e. The van der Waals surface area contributed by atoms with E-state index in [0.29, 0.717) is 6.61 Å². The number of rotatable bonds is 7. The molecule has 4 aromatic carbocycles. The van der Waals surface area contributed by atoms with Crippen LogP contribution in [0.5, 0.6) is 5.75 Å². The molecule has 0 amide bonds. The molecule has 0 fully saturated rings. The van der Waals surface area contributed by atoms with E-state index >= 15 is 0 Å². The average Bonchev–Trinajstić information content (AvgIpc) is 3.26. The number of nitrogens with one attached hydrogen (secondary N) is 1. The molecular formula is C29H26N2OS. The molecule has 0 aliphatic rings. The number of aryl methyl sites for hydroxylation is 2. The van der Waals surface area contributed by atoms with Crippen molar-refractivity contribution >= 4 is 27.2 Å². The Hall–Kier alpha value is -3.63. The molecule has 0 saturated heterocycles. The SMILES string of the molecule is Cc1ccc2nc(-c3ccc(NCc4cccc(OCc5ccccc5C)c4)cc3)sc2c1. The normalized spacial score (nSPS) is 11.0. The lowest BCUT2D eigenvalue weighted by Crippen LogP contribution is -2.01. The molecule has 0 bridgehead atoms. The van der Waals surface area contributed by atoms with Gasteiger partial charge in [0.15, 0.2) is 0 Å². The van der Waals surface area contributed by atoms with Gasteiger partial charge in [0, 0.05) is 17.8 Å². The zero-order valence-electron chi connectivity index (χ0n) is 18.8. The fourth-order valence-electron chi connectivity index (χ4n) is 3.77. The van der Waals surface area contributed by atoms with Gasteiger partial charge in [0.25, 0.3) is 0 Å². The molecule has 5 rings (SSSR count). The Labute approximate surface area is 198 Å². The van der Waals surface area contributed by atoms with Gasteiger partial charge >= 0.3 is 0 Å². The number of thiazole rings is 1. The Kier molecular flexibility index (Phi) is 6.09. The van der Waals surface area contributed by atoms with E-state index in [4.69, 9.17) is 9.72 Å². The predicted octanol–water partition coefficient (Wildman–Crippen LogP) is 7.77. The van der Waals surface area contributed by atoms with Crippen LogP contribution in [0.4, 0.5) is 5.69 Å². The molecule has 5 aromatic rings. The van der Waals surface area contributed by atoms with Crippen LogP contribution < -0.4 is 10.1 Å². The maximum atomic E-state index is 6.03. The number of nitrogens with zero attached hydrogens (tertiary/aromatic N) is 1. The number of fused-ring (bicyclic) bond motifs is 1. The van der Waals surface area contributed by atoms with E-state index in [9.17, 15) is 0 Å². The van der Waals surface area contributed by atoms with Gasteiger partial charge in [-0.1, -0.05) is 42.5 Å². The quantitative estimate of drug-likeness (QED) is 0.275. The average molecular weight is 451 g/mol. The van der Waals surface area contributed by atoms with Crippen molar-refractivity contribution in [2.75, 3.05) is 5.32 Å². The van der Waals surface area contributed by atoms with Crippen LogP contribution >= 0.6 is 11.3 Å². The van der Waals surface area contributed by atoms with Gasteiger partial charge in [-0.25, -0.2) is 4.98 Å². The molecule has 4 heteroatoms. The molecule has 164 valence electrons. The van der Waals surface area contributed by atoms with Gasteiger partial charge in [-0.3, -0.25) is 0 Å². The molecule has 0 aliphatic heterocycles. The molecule has 1 heterocycles. The minimum atomic E-state index is 0.580. The zero-order chi connectivity index (χ0) is 22.6. The third-order valence-electron chi connectivity index (χ3n) is 5.73. The molecule has 0 atom stereocenters. The Bertz CT molecular complexity index is 1390. The van der Waals surface area contributed by atoms with Crippen molar-refractivity contribution in [3.05, 3.63) is 113 Å². The highest BCUT2D eigenvalue weighted by Gasteiger charge is 2.07. The Balaban J connectivity index is 1.21. The third kappa shape index (κ3) is 5.07. The summed E-state index contributed by atoms with van der Waals surface area (Å²) in [6.45, 7) is 5.55. The first-order valence-corrected chi connectivity index (χ1v) is 11.9. The first kappa shape index (κ1) is 21.2. The first-order chi connectivity index (χ1) is 16.1. The summed E-state index contributed by atoms with van der Waals surface area (Å²) in [4.78, 5) is 4.79. The van der Waals surface area contributed by atoms with Crippen LogP contribution in [-0.4, -0.2) is 4.98 Å². The first-order valence-electron chi connectivity index (χ1n) is 11.1. The van der Waals surface area contributed by atoms with Crippen LogP contribution in [0.1, 0.15) is 22.3 Å². The van der Waals surface area contributed by atoms with E-state index in [2.05, 4.69) is 98.0 Å². The molecule has 1 aromatic heterocycles. The maximum Gasteiger partial charge on any atom is 0.124 e. The number of ether oxygens (including phenoxy) is 1. The summed E-state index contributed by atoms with van der Waals surface area (Å²) in [6, 6.07) is 31.5. The Morgan fingerprint density at radius 1 is 0.848 bits per heavy atom. The highest BCUT2D eigenvalue weighted by molar-refractivity contribution is 7.21. The van der Waals surface area contributed by atoms with Crippen molar-refractivity contribution in [2.24, 2.45) is 0 Å². The van der Waals surface area contributed by atoms with Gasteiger partial charge in [-0.2, -0.15) is 0 Å². The van der Waals surface area contributed by atoms with Crippen LogP contribution in [0.2, 0.25) is 0 Å². The summed E-state index contributed by atoms with van der Waals surface area (Å²) in [7, 11) is 0. The molecule has 3 nitrogen and oxygen atoms in total. The minimum absolute atomic E-state index is 0.580. The van der Waals surface area contributed by atoms with Gasteiger partial charge in [0.1, 0.15) is 17.4 Å². The third-order valence-corrected chi connectivity index (χ3v) is 6.79. The van der Waals surface area contributed by atoms with Crippen molar-refractivity contribution in [3.8, 4) is 16.3 Å². The fraction of sp³-hybridized carbons (Fsp3) is 0.138. The van der Waals surface area contributed by atoms with Crippen molar-refractivity contribution < 1.29 is 4.74 Å². The maximum absolute atomic E-state index is 6.03. The molecule has 0 spiro atoms. The van der Waals surface area contributed by atoms with E-state index in [1.807, 2.05) is 12.1 Å². The highest BCUT2D eigenvalue weighted by Crippen LogP contribution is 2.31. The second-order valence-corrected chi connectivity index (χ2v) is 9.31. The monoisotopic (exact) mass is 450 g/mol. The summed E-state index contributed by atoms with van der Waals surface area (Å²) < 4.78 is 7.26. The number of aromatic nitrogens is 1. The number of benzene rings is 4. The van der Waals surface area contributed by atoms with Crippen molar-refractivity contribution in [1.29, 1.82) is 0 Å². The molecule has 0 unspecified atom stereocenters. The van der Waals surface area contributed by atoms with E-state index < -0.39 is 0 Å². The Morgan fingerprint density at radius 2 is 1.70 bits per heavy atom. The summed E-state index contributed by atoms with van der Waals surface area (Å²) in [5.74, 6) is 0.888. The van der Waals surface area contributed by atoms with Gasteiger partial charge < -0.3 is 10.1 Å². The van der Waals surface area contributed by atoms with E-state index in [0.717, 1.165) is 34.1 Å². The molecule has 0 radical (unpaired) electrons. The lowest BCUT2D eigenvalue weighted by atomic mass is 10.1. The standard InChI is InChI=1S/C29H26N2OS/c1-20-10-15-27-28(16-20)33-29(31-27)23-11-13-25(14-12-23)30-18-22-7-5-9-26(17-22)32-19-24-8-4-3-6-21(24)2/h3-17,30H,18-19H2,1-2H3. The zero-order valence-corrected chi connectivity index (χ0v) is 19.7. The highest BCUT2D eigenvalue weighted by atomic mass is 32.1. The van der Waals surface area contributed by atoms with Crippen LogP contribution in [0, 0.1) is 13.8 Å². The molecule has 0 aliphatic carbocycles. The van der Waals surface area contributed by atoms with Crippen molar-refractivity contribution in [1.82, 2.24) is 4.98 Å². The van der Waals surface area contributed by atoms with Crippen LogP contribution in [0.3, 0.4) is 0 Å². The van der Waals surface area contributed by atoms with Crippen LogP contribution in [-0.2, 0) is 13.2 Å². The summed E-state index contributed by atoms with van der Waals surface area (Å²) in [6.07, 6.45) is 0. The van der Waals surface area contributed by atoms with Crippen LogP contribution in [0.25, 0.3) is 20.8 Å². The number of hydrogen-bond donors (Lipinski definition) is 1. The largest absolute Gasteiger partial charge is 0.489 e. The lowest BCUT2D eigenvalue weighted by molar-refractivity contribution is 0.305. The van der Waals surface area contributed by atoms with E-state index in [1.165, 1.54) is 27.0 Å². The van der Waals surface area contributed by atoms with Crippen molar-refractivity contribution in [2.45, 2.75) is 27.0 Å². The second-order valence-electron chi connectivity index (χ2n) is 8.28. The van der Waals surface area contributed by atoms with Gasteiger partial charge in [0.2, 0.25) is 0 Å². The van der Waals surface area contributed by atoms with Gasteiger partial charge in [-0.05, 0) is 84.6 Å². The molecular weight excluding hydrogens is 424 g/mol. The molecule has 0 saturated carbocycles. The predicted molar refractivity (Wildman–Crippen MR) is 139 cm³/mol. The topological polar surface area (TPSA) is 34.2 Å². The smallest absolute Gasteiger partial charge is 0.124 e. The number of anilines is 1. The Morgan fingerprint density at radius 3 is 2.55 bits per heavy atom. The van der Waals surface area contributed by atoms with Gasteiger partial charge in [0.05, 0.1) is 10.2 Å². The second kappa shape index (κ2) is 9.47. The molecule has 33 heavy (non-hydrogen) atoms. The fourth-order valence-corrected chi connectivity index (χ4v) is 4.84. The van der Waals surface area contributed by atoms with E-state index in [1.54, 1.807) is 11.3 Å². The molecule has 1 N–H and O–H groups in total. The lowest BCUT2D eigenvalue weighted by Gasteiger charge is -2.11.